The first-order valence-corrected chi connectivity index (χ1v) is 25.1. The van der Waals surface area contributed by atoms with Gasteiger partial charge >= 0.3 is 0 Å². The monoisotopic (exact) mass is 782 g/mol. The number of allylic oxidation sites excluding steroid dienone is 2. The van der Waals surface area contributed by atoms with Crippen LogP contribution in [0.2, 0.25) is 13.1 Å². The topological polar surface area (TPSA) is 9.23 Å². The zero-order chi connectivity index (χ0) is 41.7. The smallest absolute Gasteiger partial charge is 0.131 e. The Kier molecular flexibility index (Phi) is 10.0. The number of ether oxygens (including phenoxy) is 1. The summed E-state index contributed by atoms with van der Waals surface area (Å²) in [5.41, 5.74) is 30.7. The van der Waals surface area contributed by atoms with Gasteiger partial charge in [0, 0.05) is 22.2 Å². The van der Waals surface area contributed by atoms with Crippen molar-refractivity contribution in [2.75, 3.05) is 7.11 Å². The number of fused-ring (bicyclic) bond motifs is 3. The van der Waals surface area contributed by atoms with E-state index < -0.39 is 8.07 Å². The van der Waals surface area contributed by atoms with E-state index in [1.54, 1.807) is 33.4 Å². The Morgan fingerprint density at radius 1 is 0.586 bits per heavy atom. The van der Waals surface area contributed by atoms with Gasteiger partial charge in [-0.2, -0.15) is 0 Å². The molecule has 300 valence electrons. The lowest BCUT2D eigenvalue weighted by Gasteiger charge is -2.42. The second-order valence-corrected chi connectivity index (χ2v) is 25.3. The second-order valence-electron chi connectivity index (χ2n) is 20.5. The summed E-state index contributed by atoms with van der Waals surface area (Å²) in [5.74, 6) is 1.44. The summed E-state index contributed by atoms with van der Waals surface area (Å²) < 4.78 is 6.51. The quantitative estimate of drug-likeness (QED) is 0.149. The molecule has 5 aromatic carbocycles. The number of benzene rings is 5. The first-order valence-electron chi connectivity index (χ1n) is 21.9. The number of methoxy groups -OCH3 is 1. The van der Waals surface area contributed by atoms with Crippen LogP contribution in [0.25, 0.3) is 45.5 Å². The van der Waals surface area contributed by atoms with E-state index in [9.17, 15) is 0 Å². The molecule has 2 heteroatoms. The highest BCUT2D eigenvalue weighted by molar-refractivity contribution is 6.82. The molecule has 0 aromatic heterocycles. The summed E-state index contributed by atoms with van der Waals surface area (Å²) in [4.78, 5) is 0. The molecule has 0 amide bonds. The van der Waals surface area contributed by atoms with E-state index >= 15 is 0 Å². The molecule has 2 unspecified atom stereocenters. The predicted molar refractivity (Wildman–Crippen MR) is 254 cm³/mol. The fourth-order valence-corrected chi connectivity index (χ4v) is 16.9. The summed E-state index contributed by atoms with van der Waals surface area (Å²) in [6.45, 7) is 33.5. The van der Waals surface area contributed by atoms with E-state index in [1.807, 2.05) is 7.11 Å². The van der Waals surface area contributed by atoms with Crippen molar-refractivity contribution in [2.45, 2.75) is 132 Å². The highest BCUT2D eigenvalue weighted by atomic mass is 28.3. The van der Waals surface area contributed by atoms with Crippen LogP contribution in [0.1, 0.15) is 131 Å². The summed E-state index contributed by atoms with van der Waals surface area (Å²) >= 11 is 0. The number of hydrogen-bond acceptors (Lipinski definition) is 1. The van der Waals surface area contributed by atoms with Gasteiger partial charge in [-0.3, -0.25) is 0 Å². The molecule has 0 saturated heterocycles. The minimum Gasteiger partial charge on any atom is -0.496 e. The van der Waals surface area contributed by atoms with E-state index in [2.05, 4.69) is 169 Å². The average Bonchev–Trinajstić information content (AvgIpc) is 3.83. The van der Waals surface area contributed by atoms with Gasteiger partial charge in [-0.15, -0.1) is 0 Å². The molecule has 0 radical (unpaired) electrons. The Labute approximate surface area is 351 Å². The van der Waals surface area contributed by atoms with Crippen molar-refractivity contribution >= 4 is 20.2 Å². The molecule has 0 spiro atoms. The molecule has 0 fully saturated rings. The molecule has 3 aliphatic rings. The molecule has 8 rings (SSSR count). The maximum atomic E-state index is 6.51. The maximum Gasteiger partial charge on any atom is 0.131 e. The molecule has 0 saturated carbocycles. The minimum atomic E-state index is -2.33. The molecule has 1 nitrogen and oxygen atoms in total. The molecular formula is C56H66OSi. The van der Waals surface area contributed by atoms with Crippen molar-refractivity contribution in [1.82, 2.24) is 0 Å². The number of hydrogen-bond donors (Lipinski definition) is 0. The van der Waals surface area contributed by atoms with Gasteiger partial charge in [0.05, 0.1) is 15.2 Å². The van der Waals surface area contributed by atoms with Crippen molar-refractivity contribution < 1.29 is 4.74 Å². The normalized spacial score (nSPS) is 17.4. The van der Waals surface area contributed by atoms with Gasteiger partial charge in [0.1, 0.15) is 5.75 Å². The molecule has 3 aliphatic carbocycles. The van der Waals surface area contributed by atoms with E-state index in [0.29, 0.717) is 17.0 Å². The Balaban J connectivity index is 1.45. The largest absolute Gasteiger partial charge is 0.496 e. The number of rotatable bonds is 7. The van der Waals surface area contributed by atoms with Crippen LogP contribution in [0.5, 0.6) is 5.75 Å². The first kappa shape index (κ1) is 40.4. The van der Waals surface area contributed by atoms with E-state index in [0.717, 1.165) is 18.6 Å². The SMILES string of the molecule is COc1c(C(C)(C)C)cc2c(c1-c1cc(C)cc(C)c1)C=C(C(C)C)C2[Si](C)(C)C1C(C)=Cc2c(-c3cc(C)cc(C)c3)c3c(c(-c4cc(C)cc(C)c4)c21)CCC3. The van der Waals surface area contributed by atoms with Crippen molar-refractivity contribution in [2.24, 2.45) is 5.92 Å². The summed E-state index contributed by atoms with van der Waals surface area (Å²) in [6.07, 6.45) is 8.78. The molecule has 0 heterocycles. The van der Waals surface area contributed by atoms with Crippen LogP contribution in [-0.4, -0.2) is 15.2 Å². The third kappa shape index (κ3) is 6.59. The fourth-order valence-electron chi connectivity index (χ4n) is 11.9. The molecule has 58 heavy (non-hydrogen) atoms. The Bertz CT molecular complexity index is 2520. The first-order chi connectivity index (χ1) is 27.3. The van der Waals surface area contributed by atoms with Crippen LogP contribution in [0.15, 0.2) is 71.8 Å². The summed E-state index contributed by atoms with van der Waals surface area (Å²) in [5, 5.41) is 0. The third-order valence-electron chi connectivity index (χ3n) is 13.8. The van der Waals surface area contributed by atoms with Crippen molar-refractivity contribution in [3.05, 3.63) is 144 Å². The van der Waals surface area contributed by atoms with E-state index in [1.165, 1.54) is 89.9 Å². The minimum absolute atomic E-state index is 0.0990. The molecule has 0 bridgehead atoms. The van der Waals surface area contributed by atoms with Crippen LogP contribution in [0.3, 0.4) is 0 Å². The molecule has 0 N–H and O–H groups in total. The zero-order valence-electron chi connectivity index (χ0n) is 38.2. The van der Waals surface area contributed by atoms with Crippen LogP contribution < -0.4 is 4.74 Å². The molecule has 5 aromatic rings. The van der Waals surface area contributed by atoms with Crippen molar-refractivity contribution in [1.29, 1.82) is 0 Å². The highest BCUT2D eigenvalue weighted by Gasteiger charge is 2.51. The fraction of sp³-hybridized carbons (Fsp3) is 0.393. The van der Waals surface area contributed by atoms with Gasteiger partial charge in [0.15, 0.2) is 0 Å². The zero-order valence-corrected chi connectivity index (χ0v) is 39.2. The second kappa shape index (κ2) is 14.4. The van der Waals surface area contributed by atoms with Crippen molar-refractivity contribution in [3.8, 4) is 39.1 Å². The van der Waals surface area contributed by atoms with Gasteiger partial charge in [0.25, 0.3) is 0 Å². The maximum absolute atomic E-state index is 6.51. The Morgan fingerprint density at radius 2 is 1.05 bits per heavy atom. The standard InChI is InChI=1S/C56H66OSi/c1-31(2)44-29-45-46(30-48(56(10,11)12)53(57-13)51(45)41-26-36(7)21-37(8)27-41)55(44)58(14,15)54-38(9)28-47-49(39-22-32(3)19-33(4)23-39)42-17-16-18-43(42)50(52(47)54)40-24-34(5)20-35(6)25-40/h19-31,54-55H,16-18H2,1-15H3. The lowest BCUT2D eigenvalue weighted by atomic mass is 9.81. The van der Waals surface area contributed by atoms with Gasteiger partial charge in [-0.05, 0) is 140 Å². The van der Waals surface area contributed by atoms with Gasteiger partial charge in [0.2, 0.25) is 0 Å². The van der Waals surface area contributed by atoms with Crippen LogP contribution in [-0.2, 0) is 18.3 Å². The summed E-state index contributed by atoms with van der Waals surface area (Å²) in [6, 6.07) is 24.2. The Morgan fingerprint density at radius 3 is 1.52 bits per heavy atom. The summed E-state index contributed by atoms with van der Waals surface area (Å²) in [7, 11) is -0.451. The van der Waals surface area contributed by atoms with E-state index in [4.69, 9.17) is 4.74 Å². The van der Waals surface area contributed by atoms with Gasteiger partial charge < -0.3 is 4.74 Å². The lowest BCUT2D eigenvalue weighted by Crippen LogP contribution is -2.43. The number of aryl methyl sites for hydroxylation is 6. The lowest BCUT2D eigenvalue weighted by molar-refractivity contribution is 0.399. The predicted octanol–water partition coefficient (Wildman–Crippen LogP) is 15.5. The third-order valence-corrected chi connectivity index (χ3v) is 18.1. The van der Waals surface area contributed by atoms with Gasteiger partial charge in [-0.25, -0.2) is 0 Å². The van der Waals surface area contributed by atoms with Crippen LogP contribution >= 0.6 is 0 Å². The average molecular weight is 783 g/mol. The molecule has 0 aliphatic heterocycles. The Hall–Kier alpha value is -4.40. The molecule has 2 atom stereocenters. The van der Waals surface area contributed by atoms with E-state index in [-0.39, 0.29) is 5.41 Å². The van der Waals surface area contributed by atoms with Crippen LogP contribution in [0.4, 0.5) is 0 Å². The molecular weight excluding hydrogens is 717 g/mol. The highest BCUT2D eigenvalue weighted by Crippen LogP contribution is 2.60. The van der Waals surface area contributed by atoms with Crippen molar-refractivity contribution in [3.63, 3.8) is 0 Å². The van der Waals surface area contributed by atoms with Gasteiger partial charge in [-0.1, -0.05) is 165 Å². The van der Waals surface area contributed by atoms with Crippen LogP contribution in [0, 0.1) is 47.5 Å².